The second-order valence-corrected chi connectivity index (χ2v) is 6.61. The molecule has 0 bridgehead atoms. The monoisotopic (exact) mass is 382 g/mol. The van der Waals surface area contributed by atoms with Crippen molar-refractivity contribution in [3.63, 3.8) is 0 Å². The van der Waals surface area contributed by atoms with Crippen LogP contribution in [0.15, 0.2) is 103 Å². The fraction of sp³-hybridized carbons (Fsp3) is 0.0800. The Hall–Kier alpha value is -3.79. The molecule has 0 saturated carbocycles. The minimum absolute atomic E-state index is 0.549. The molecular formula is C25H22N2O2. The number of aromatic nitrogens is 1. The lowest BCUT2D eigenvalue weighted by atomic mass is 10.2. The SMILES string of the molecule is CN(c1ccc(Oc2ccc(OCc3ccccc3)cc2)cc1)c1cccnc1. The van der Waals surface area contributed by atoms with Crippen molar-refractivity contribution in [1.29, 1.82) is 0 Å². The van der Waals surface area contributed by atoms with Crippen LogP contribution in [-0.2, 0) is 6.61 Å². The molecule has 4 heteroatoms. The van der Waals surface area contributed by atoms with Gasteiger partial charge in [-0.1, -0.05) is 30.3 Å². The Morgan fingerprint density at radius 3 is 2.00 bits per heavy atom. The van der Waals surface area contributed by atoms with Crippen LogP contribution in [0.25, 0.3) is 0 Å². The highest BCUT2D eigenvalue weighted by molar-refractivity contribution is 5.62. The summed E-state index contributed by atoms with van der Waals surface area (Å²) in [5.41, 5.74) is 3.24. The number of hydrogen-bond acceptors (Lipinski definition) is 4. The van der Waals surface area contributed by atoms with Crippen LogP contribution in [0.2, 0.25) is 0 Å². The van der Waals surface area contributed by atoms with Gasteiger partial charge in [0.15, 0.2) is 0 Å². The molecule has 29 heavy (non-hydrogen) atoms. The minimum Gasteiger partial charge on any atom is -0.489 e. The molecule has 0 atom stereocenters. The van der Waals surface area contributed by atoms with Crippen LogP contribution in [0.5, 0.6) is 17.2 Å². The van der Waals surface area contributed by atoms with E-state index in [1.54, 1.807) is 6.20 Å². The Kier molecular flexibility index (Phi) is 5.72. The smallest absolute Gasteiger partial charge is 0.127 e. The summed E-state index contributed by atoms with van der Waals surface area (Å²) in [7, 11) is 2.01. The van der Waals surface area contributed by atoms with Crippen molar-refractivity contribution in [2.45, 2.75) is 6.61 Å². The van der Waals surface area contributed by atoms with E-state index < -0.39 is 0 Å². The van der Waals surface area contributed by atoms with Gasteiger partial charge < -0.3 is 14.4 Å². The second-order valence-electron chi connectivity index (χ2n) is 6.61. The molecule has 144 valence electrons. The molecule has 4 rings (SSSR count). The molecule has 0 fully saturated rings. The van der Waals surface area contributed by atoms with Crippen molar-refractivity contribution in [1.82, 2.24) is 4.98 Å². The molecule has 0 amide bonds. The zero-order chi connectivity index (χ0) is 19.9. The van der Waals surface area contributed by atoms with E-state index in [0.29, 0.717) is 6.61 Å². The molecule has 4 aromatic rings. The van der Waals surface area contributed by atoms with Crippen molar-refractivity contribution < 1.29 is 9.47 Å². The third kappa shape index (κ3) is 4.93. The van der Waals surface area contributed by atoms with E-state index in [1.807, 2.05) is 104 Å². The fourth-order valence-electron chi connectivity index (χ4n) is 2.92. The maximum atomic E-state index is 5.95. The number of hydrogen-bond donors (Lipinski definition) is 0. The number of pyridine rings is 1. The first-order chi connectivity index (χ1) is 14.3. The molecule has 0 N–H and O–H groups in total. The van der Waals surface area contributed by atoms with Crippen LogP contribution in [-0.4, -0.2) is 12.0 Å². The fourth-order valence-corrected chi connectivity index (χ4v) is 2.92. The lowest BCUT2D eigenvalue weighted by Crippen LogP contribution is -2.09. The molecular weight excluding hydrogens is 360 g/mol. The number of rotatable bonds is 7. The molecule has 0 aliphatic carbocycles. The van der Waals surface area contributed by atoms with Crippen LogP contribution >= 0.6 is 0 Å². The van der Waals surface area contributed by atoms with Crippen LogP contribution in [0.1, 0.15) is 5.56 Å². The number of nitrogens with zero attached hydrogens (tertiary/aromatic N) is 2. The summed E-state index contributed by atoms with van der Waals surface area (Å²) in [5, 5.41) is 0. The molecule has 4 nitrogen and oxygen atoms in total. The number of anilines is 2. The predicted octanol–water partition coefficient (Wildman–Crippen LogP) is 6.22. The molecule has 0 saturated heterocycles. The van der Waals surface area contributed by atoms with Gasteiger partial charge in [0.1, 0.15) is 23.9 Å². The summed E-state index contributed by atoms with van der Waals surface area (Å²) >= 11 is 0. The maximum Gasteiger partial charge on any atom is 0.127 e. The summed E-state index contributed by atoms with van der Waals surface area (Å²) in [6, 6.07) is 29.7. The molecule has 0 aliphatic rings. The standard InChI is InChI=1S/C25H22N2O2/c1-27(22-8-5-17-26-18-22)21-9-11-24(12-10-21)29-25-15-13-23(14-16-25)28-19-20-6-3-2-4-7-20/h2-18H,19H2,1H3. The van der Waals surface area contributed by atoms with Gasteiger partial charge in [0.05, 0.1) is 11.9 Å². The van der Waals surface area contributed by atoms with E-state index >= 15 is 0 Å². The predicted molar refractivity (Wildman–Crippen MR) is 116 cm³/mol. The second kappa shape index (κ2) is 8.93. The van der Waals surface area contributed by atoms with Gasteiger partial charge >= 0.3 is 0 Å². The molecule has 0 aliphatic heterocycles. The average molecular weight is 382 g/mol. The van der Waals surface area contributed by atoms with Gasteiger partial charge in [-0.15, -0.1) is 0 Å². The topological polar surface area (TPSA) is 34.6 Å². The molecule has 1 aromatic heterocycles. The van der Waals surface area contributed by atoms with Crippen LogP contribution in [0, 0.1) is 0 Å². The first-order valence-electron chi connectivity index (χ1n) is 9.46. The molecule has 0 spiro atoms. The van der Waals surface area contributed by atoms with E-state index in [-0.39, 0.29) is 0 Å². The minimum atomic E-state index is 0.549. The zero-order valence-electron chi connectivity index (χ0n) is 16.2. The van der Waals surface area contributed by atoms with Crippen LogP contribution in [0.3, 0.4) is 0 Å². The first-order valence-corrected chi connectivity index (χ1v) is 9.46. The third-order valence-electron chi connectivity index (χ3n) is 4.57. The summed E-state index contributed by atoms with van der Waals surface area (Å²) in [6.07, 6.45) is 3.61. The summed E-state index contributed by atoms with van der Waals surface area (Å²) < 4.78 is 11.8. The van der Waals surface area contributed by atoms with Gasteiger partial charge in [0, 0.05) is 18.9 Å². The van der Waals surface area contributed by atoms with E-state index in [0.717, 1.165) is 34.2 Å². The van der Waals surface area contributed by atoms with E-state index in [2.05, 4.69) is 9.88 Å². The Labute approximate surface area is 171 Å². The highest BCUT2D eigenvalue weighted by atomic mass is 16.5. The molecule has 3 aromatic carbocycles. The van der Waals surface area contributed by atoms with Crippen molar-refractivity contribution in [3.05, 3.63) is 109 Å². The van der Waals surface area contributed by atoms with Crippen molar-refractivity contribution in [3.8, 4) is 17.2 Å². The van der Waals surface area contributed by atoms with Gasteiger partial charge in [0.2, 0.25) is 0 Å². The molecule has 0 radical (unpaired) electrons. The zero-order valence-corrected chi connectivity index (χ0v) is 16.2. The van der Waals surface area contributed by atoms with Gasteiger partial charge in [0.25, 0.3) is 0 Å². The highest BCUT2D eigenvalue weighted by Gasteiger charge is 2.05. The maximum absolute atomic E-state index is 5.95. The van der Waals surface area contributed by atoms with Crippen molar-refractivity contribution >= 4 is 11.4 Å². The Morgan fingerprint density at radius 2 is 1.34 bits per heavy atom. The average Bonchev–Trinajstić information content (AvgIpc) is 2.80. The molecule has 0 unspecified atom stereocenters. The quantitative estimate of drug-likeness (QED) is 0.380. The van der Waals surface area contributed by atoms with Crippen LogP contribution in [0.4, 0.5) is 11.4 Å². The van der Waals surface area contributed by atoms with Gasteiger partial charge in [-0.25, -0.2) is 0 Å². The van der Waals surface area contributed by atoms with Gasteiger partial charge in [-0.3, -0.25) is 4.98 Å². The summed E-state index contributed by atoms with van der Waals surface area (Å²) in [5.74, 6) is 2.37. The summed E-state index contributed by atoms with van der Waals surface area (Å²) in [6.45, 7) is 0.549. The summed E-state index contributed by atoms with van der Waals surface area (Å²) in [4.78, 5) is 6.24. The van der Waals surface area contributed by atoms with E-state index in [9.17, 15) is 0 Å². The lowest BCUT2D eigenvalue weighted by molar-refractivity contribution is 0.306. The van der Waals surface area contributed by atoms with Crippen molar-refractivity contribution in [2.24, 2.45) is 0 Å². The van der Waals surface area contributed by atoms with Gasteiger partial charge in [-0.2, -0.15) is 0 Å². The van der Waals surface area contributed by atoms with Crippen LogP contribution < -0.4 is 14.4 Å². The number of ether oxygens (including phenoxy) is 2. The van der Waals surface area contributed by atoms with E-state index in [4.69, 9.17) is 9.47 Å². The Bertz CT molecular complexity index is 1020. The van der Waals surface area contributed by atoms with Gasteiger partial charge in [-0.05, 0) is 66.2 Å². The lowest BCUT2D eigenvalue weighted by Gasteiger charge is -2.19. The normalized spacial score (nSPS) is 10.4. The Morgan fingerprint density at radius 1 is 0.690 bits per heavy atom. The number of benzene rings is 3. The van der Waals surface area contributed by atoms with E-state index in [1.165, 1.54) is 0 Å². The highest BCUT2D eigenvalue weighted by Crippen LogP contribution is 2.28. The van der Waals surface area contributed by atoms with Crippen molar-refractivity contribution in [2.75, 3.05) is 11.9 Å². The largest absolute Gasteiger partial charge is 0.489 e. The molecule has 1 heterocycles. The first kappa shape index (κ1) is 18.6. The third-order valence-corrected chi connectivity index (χ3v) is 4.57. The Balaban J connectivity index is 1.35.